The Morgan fingerprint density at radius 2 is 1.95 bits per heavy atom. The van der Waals surface area contributed by atoms with Crippen LogP contribution in [0.5, 0.6) is 0 Å². The molecule has 0 radical (unpaired) electrons. The smallest absolute Gasteiger partial charge is 0.134 e. The van der Waals surface area contributed by atoms with Gasteiger partial charge in [0.05, 0.1) is 6.26 Å². The van der Waals surface area contributed by atoms with Crippen molar-refractivity contribution in [2.45, 2.75) is 33.4 Å². The lowest BCUT2D eigenvalue weighted by Crippen LogP contribution is -2.38. The van der Waals surface area contributed by atoms with E-state index in [0.717, 1.165) is 31.8 Å². The summed E-state index contributed by atoms with van der Waals surface area (Å²) in [7, 11) is 0. The second kappa shape index (κ2) is 6.73. The lowest BCUT2D eigenvalue weighted by molar-refractivity contribution is 0.270. The molecule has 19 heavy (non-hydrogen) atoms. The van der Waals surface area contributed by atoms with E-state index in [-0.39, 0.29) is 0 Å². The standard InChI is InChI=1S/C16H24N2O/c1-4-18(5-2)11-13(3)17-10-14-12-19-16-9-7-6-8-15(14)16/h6-9,12-13,17H,4-5,10-11H2,1-3H3. The Labute approximate surface area is 115 Å². The number of likely N-dealkylation sites (N-methyl/N-ethyl adjacent to an activating group) is 1. The van der Waals surface area contributed by atoms with E-state index in [0.29, 0.717) is 6.04 Å². The van der Waals surface area contributed by atoms with Gasteiger partial charge in [0.25, 0.3) is 0 Å². The second-order valence-electron chi connectivity index (χ2n) is 5.02. The summed E-state index contributed by atoms with van der Waals surface area (Å²) in [5, 5.41) is 4.79. The van der Waals surface area contributed by atoms with E-state index in [4.69, 9.17) is 4.42 Å². The molecule has 104 valence electrons. The molecule has 1 heterocycles. The zero-order chi connectivity index (χ0) is 13.7. The van der Waals surface area contributed by atoms with Crippen LogP contribution in [0.25, 0.3) is 11.0 Å². The maximum absolute atomic E-state index is 5.55. The molecule has 2 rings (SSSR count). The molecule has 1 aromatic heterocycles. The highest BCUT2D eigenvalue weighted by molar-refractivity contribution is 5.80. The van der Waals surface area contributed by atoms with E-state index in [1.165, 1.54) is 10.9 Å². The normalized spacial score (nSPS) is 13.3. The van der Waals surface area contributed by atoms with Gasteiger partial charge in [-0.3, -0.25) is 0 Å². The van der Waals surface area contributed by atoms with Crippen molar-refractivity contribution >= 4 is 11.0 Å². The molecule has 1 aromatic carbocycles. The van der Waals surface area contributed by atoms with Crippen LogP contribution in [0.3, 0.4) is 0 Å². The number of fused-ring (bicyclic) bond motifs is 1. The number of hydrogen-bond donors (Lipinski definition) is 1. The van der Waals surface area contributed by atoms with Gasteiger partial charge in [-0.1, -0.05) is 32.0 Å². The van der Waals surface area contributed by atoms with E-state index >= 15 is 0 Å². The second-order valence-corrected chi connectivity index (χ2v) is 5.02. The summed E-state index contributed by atoms with van der Waals surface area (Å²) in [4.78, 5) is 2.44. The fraction of sp³-hybridized carbons (Fsp3) is 0.500. The zero-order valence-electron chi connectivity index (χ0n) is 12.1. The van der Waals surface area contributed by atoms with Gasteiger partial charge in [0.2, 0.25) is 0 Å². The molecule has 1 unspecified atom stereocenters. The van der Waals surface area contributed by atoms with Crippen LogP contribution in [0.1, 0.15) is 26.3 Å². The fourth-order valence-electron chi connectivity index (χ4n) is 2.39. The maximum Gasteiger partial charge on any atom is 0.134 e. The first kappa shape index (κ1) is 14.1. The molecule has 0 bridgehead atoms. The van der Waals surface area contributed by atoms with Gasteiger partial charge in [-0.25, -0.2) is 0 Å². The summed E-state index contributed by atoms with van der Waals surface area (Å²) < 4.78 is 5.55. The van der Waals surface area contributed by atoms with Crippen LogP contribution in [0.4, 0.5) is 0 Å². The van der Waals surface area contributed by atoms with Crippen molar-refractivity contribution in [3.8, 4) is 0 Å². The lowest BCUT2D eigenvalue weighted by atomic mass is 10.1. The number of furan rings is 1. The summed E-state index contributed by atoms with van der Waals surface area (Å²) in [6.45, 7) is 10.8. The minimum Gasteiger partial charge on any atom is -0.464 e. The van der Waals surface area contributed by atoms with Gasteiger partial charge < -0.3 is 14.6 Å². The largest absolute Gasteiger partial charge is 0.464 e. The minimum atomic E-state index is 0.480. The molecule has 3 heteroatoms. The maximum atomic E-state index is 5.55. The summed E-state index contributed by atoms with van der Waals surface area (Å²) in [5.41, 5.74) is 2.21. The van der Waals surface area contributed by atoms with Gasteiger partial charge in [-0.2, -0.15) is 0 Å². The number of rotatable bonds is 7. The Morgan fingerprint density at radius 3 is 2.68 bits per heavy atom. The van der Waals surface area contributed by atoms with E-state index in [9.17, 15) is 0 Å². The van der Waals surface area contributed by atoms with E-state index in [1.54, 1.807) is 0 Å². The van der Waals surface area contributed by atoms with Crippen LogP contribution in [0.15, 0.2) is 34.9 Å². The van der Waals surface area contributed by atoms with Gasteiger partial charge in [-0.05, 0) is 26.1 Å². The molecule has 3 nitrogen and oxygen atoms in total. The Bertz CT molecular complexity index is 502. The summed E-state index contributed by atoms with van der Waals surface area (Å²) in [6.07, 6.45) is 1.86. The van der Waals surface area contributed by atoms with Crippen molar-refractivity contribution in [1.29, 1.82) is 0 Å². The highest BCUT2D eigenvalue weighted by atomic mass is 16.3. The number of benzene rings is 1. The molecule has 0 saturated heterocycles. The zero-order valence-corrected chi connectivity index (χ0v) is 12.1. The van der Waals surface area contributed by atoms with Crippen LogP contribution < -0.4 is 5.32 Å². The van der Waals surface area contributed by atoms with Gasteiger partial charge in [0, 0.05) is 30.1 Å². The van der Waals surface area contributed by atoms with E-state index < -0.39 is 0 Å². The monoisotopic (exact) mass is 260 g/mol. The van der Waals surface area contributed by atoms with Crippen LogP contribution in [-0.4, -0.2) is 30.6 Å². The summed E-state index contributed by atoms with van der Waals surface area (Å²) in [5.74, 6) is 0. The Morgan fingerprint density at radius 1 is 1.21 bits per heavy atom. The molecule has 0 saturated carbocycles. The van der Waals surface area contributed by atoms with E-state index in [2.05, 4.69) is 43.1 Å². The third-order valence-electron chi connectivity index (χ3n) is 3.63. The van der Waals surface area contributed by atoms with Crippen LogP contribution in [-0.2, 0) is 6.54 Å². The molecule has 1 N–H and O–H groups in total. The van der Waals surface area contributed by atoms with E-state index in [1.807, 2.05) is 18.4 Å². The number of para-hydroxylation sites is 1. The van der Waals surface area contributed by atoms with Crippen molar-refractivity contribution < 1.29 is 4.42 Å². The van der Waals surface area contributed by atoms with Crippen molar-refractivity contribution in [2.75, 3.05) is 19.6 Å². The van der Waals surface area contributed by atoms with Gasteiger partial charge in [0.1, 0.15) is 5.58 Å². The van der Waals surface area contributed by atoms with Gasteiger partial charge in [0.15, 0.2) is 0 Å². The molecule has 2 aromatic rings. The predicted octanol–water partition coefficient (Wildman–Crippen LogP) is 3.25. The minimum absolute atomic E-state index is 0.480. The first-order chi connectivity index (χ1) is 9.24. The average molecular weight is 260 g/mol. The summed E-state index contributed by atoms with van der Waals surface area (Å²) >= 11 is 0. The highest BCUT2D eigenvalue weighted by Gasteiger charge is 2.09. The Hall–Kier alpha value is -1.32. The average Bonchev–Trinajstić information content (AvgIpc) is 2.86. The van der Waals surface area contributed by atoms with Gasteiger partial charge in [-0.15, -0.1) is 0 Å². The first-order valence-corrected chi connectivity index (χ1v) is 7.15. The molecule has 1 atom stereocenters. The molecule has 0 amide bonds. The third kappa shape index (κ3) is 3.58. The molecule has 0 aliphatic heterocycles. The SMILES string of the molecule is CCN(CC)CC(C)NCc1coc2ccccc12. The van der Waals surface area contributed by atoms with Crippen molar-refractivity contribution in [1.82, 2.24) is 10.2 Å². The molecule has 0 aliphatic carbocycles. The molecule has 0 fully saturated rings. The van der Waals surface area contributed by atoms with Crippen LogP contribution in [0.2, 0.25) is 0 Å². The number of hydrogen-bond acceptors (Lipinski definition) is 3. The molecular weight excluding hydrogens is 236 g/mol. The van der Waals surface area contributed by atoms with Gasteiger partial charge >= 0.3 is 0 Å². The fourth-order valence-corrected chi connectivity index (χ4v) is 2.39. The third-order valence-corrected chi connectivity index (χ3v) is 3.63. The quantitative estimate of drug-likeness (QED) is 0.828. The predicted molar refractivity (Wildman–Crippen MR) is 80.3 cm³/mol. The number of nitrogens with zero attached hydrogens (tertiary/aromatic N) is 1. The summed E-state index contributed by atoms with van der Waals surface area (Å²) in [6, 6.07) is 8.67. The highest BCUT2D eigenvalue weighted by Crippen LogP contribution is 2.20. The Kier molecular flexibility index (Phi) is 5.00. The van der Waals surface area contributed by atoms with Crippen molar-refractivity contribution in [2.24, 2.45) is 0 Å². The topological polar surface area (TPSA) is 28.4 Å². The van der Waals surface area contributed by atoms with Crippen LogP contribution in [0, 0.1) is 0 Å². The van der Waals surface area contributed by atoms with Crippen molar-refractivity contribution in [3.63, 3.8) is 0 Å². The molecule has 0 spiro atoms. The molecular formula is C16H24N2O. The number of nitrogens with one attached hydrogen (secondary N) is 1. The van der Waals surface area contributed by atoms with Crippen molar-refractivity contribution in [3.05, 3.63) is 36.1 Å². The molecule has 0 aliphatic rings. The lowest BCUT2D eigenvalue weighted by Gasteiger charge is -2.23. The Balaban J connectivity index is 1.91. The van der Waals surface area contributed by atoms with Crippen LogP contribution >= 0.6 is 0 Å². The first-order valence-electron chi connectivity index (χ1n) is 7.15.